The number of benzene rings is 1. The number of hydrogen-bond donors (Lipinski definition) is 1. The minimum atomic E-state index is 0.611. The highest BCUT2D eigenvalue weighted by molar-refractivity contribution is 7.99. The van der Waals surface area contributed by atoms with E-state index < -0.39 is 0 Å². The Hall–Kier alpha value is -1.26. The summed E-state index contributed by atoms with van der Waals surface area (Å²) in [5.74, 6) is 0. The van der Waals surface area contributed by atoms with E-state index in [9.17, 15) is 0 Å². The first-order chi connectivity index (χ1) is 9.60. The van der Waals surface area contributed by atoms with Gasteiger partial charge in [0.05, 0.1) is 5.69 Å². The summed E-state index contributed by atoms with van der Waals surface area (Å²) in [6, 6.07) is 8.71. The first-order valence-corrected chi connectivity index (χ1v) is 7.98. The van der Waals surface area contributed by atoms with Crippen LogP contribution in [0.1, 0.15) is 26.3 Å². The molecule has 0 atom stereocenters. The first-order valence-electron chi connectivity index (χ1n) is 7.10. The quantitative estimate of drug-likeness (QED) is 0.822. The van der Waals surface area contributed by atoms with Gasteiger partial charge in [-0.15, -0.1) is 11.8 Å². The molecule has 1 aromatic carbocycles. The van der Waals surface area contributed by atoms with Crippen molar-refractivity contribution in [2.45, 2.75) is 37.5 Å². The van der Waals surface area contributed by atoms with E-state index in [0.717, 1.165) is 18.8 Å². The molecule has 0 saturated carbocycles. The monoisotopic (exact) mass is 289 g/mol. The van der Waals surface area contributed by atoms with E-state index in [-0.39, 0.29) is 0 Å². The Bertz CT molecular complexity index is 543. The van der Waals surface area contributed by atoms with E-state index in [1.807, 2.05) is 23.5 Å². The Morgan fingerprint density at radius 2 is 1.95 bits per heavy atom. The zero-order valence-electron chi connectivity index (χ0n) is 12.7. The molecule has 3 nitrogen and oxygen atoms in total. The normalized spacial score (nSPS) is 11.2. The van der Waals surface area contributed by atoms with Crippen LogP contribution >= 0.6 is 11.8 Å². The minimum Gasteiger partial charge on any atom is -0.313 e. The number of rotatable bonds is 6. The van der Waals surface area contributed by atoms with Crippen LogP contribution in [0.2, 0.25) is 0 Å². The van der Waals surface area contributed by atoms with Crippen LogP contribution in [0.5, 0.6) is 0 Å². The lowest BCUT2D eigenvalue weighted by Crippen LogP contribution is -2.11. The van der Waals surface area contributed by atoms with Gasteiger partial charge in [-0.25, -0.2) is 0 Å². The molecular formula is C16H23N3S. The molecule has 0 unspecified atom stereocenters. The summed E-state index contributed by atoms with van der Waals surface area (Å²) in [5.41, 5.74) is 3.51. The second kappa shape index (κ2) is 6.95. The number of nitrogens with one attached hydrogen (secondary N) is 1. The van der Waals surface area contributed by atoms with Crippen LogP contribution in [0.25, 0.3) is 11.3 Å². The molecule has 108 valence electrons. The summed E-state index contributed by atoms with van der Waals surface area (Å²) in [4.78, 5) is 1.31. The predicted molar refractivity (Wildman–Crippen MR) is 87.0 cm³/mol. The maximum atomic E-state index is 4.59. The van der Waals surface area contributed by atoms with Crippen molar-refractivity contribution in [3.63, 3.8) is 0 Å². The fourth-order valence-corrected chi connectivity index (χ4v) is 2.97. The van der Waals surface area contributed by atoms with Crippen molar-refractivity contribution in [3.05, 3.63) is 36.0 Å². The molecule has 2 rings (SSSR count). The smallest absolute Gasteiger partial charge is 0.0967 e. The van der Waals surface area contributed by atoms with Crippen molar-refractivity contribution in [2.24, 2.45) is 7.05 Å². The van der Waals surface area contributed by atoms with E-state index >= 15 is 0 Å². The number of thioether (sulfide) groups is 1. The van der Waals surface area contributed by atoms with Gasteiger partial charge in [-0.1, -0.05) is 32.9 Å². The average Bonchev–Trinajstić information content (AvgIpc) is 2.78. The van der Waals surface area contributed by atoms with Crippen LogP contribution in [-0.4, -0.2) is 21.6 Å². The lowest BCUT2D eigenvalue weighted by molar-refractivity contribution is 0.724. The van der Waals surface area contributed by atoms with Crippen LogP contribution in [0, 0.1) is 0 Å². The summed E-state index contributed by atoms with van der Waals surface area (Å²) < 4.78 is 1.89. The van der Waals surface area contributed by atoms with Gasteiger partial charge in [0.25, 0.3) is 0 Å². The Morgan fingerprint density at radius 3 is 2.55 bits per heavy atom. The van der Waals surface area contributed by atoms with Gasteiger partial charge in [0, 0.05) is 41.1 Å². The molecule has 20 heavy (non-hydrogen) atoms. The molecule has 0 bridgehead atoms. The van der Waals surface area contributed by atoms with Gasteiger partial charge in [0.2, 0.25) is 0 Å². The third-order valence-corrected chi connectivity index (χ3v) is 3.99. The van der Waals surface area contributed by atoms with E-state index in [1.54, 1.807) is 0 Å². The number of aromatic nitrogens is 2. The van der Waals surface area contributed by atoms with Gasteiger partial charge in [-0.3, -0.25) is 4.68 Å². The van der Waals surface area contributed by atoms with E-state index in [1.165, 1.54) is 16.0 Å². The number of hydrogen-bond acceptors (Lipinski definition) is 3. The van der Waals surface area contributed by atoms with Crippen LogP contribution in [0.3, 0.4) is 0 Å². The number of aryl methyl sites for hydroxylation is 1. The van der Waals surface area contributed by atoms with Crippen molar-refractivity contribution >= 4 is 11.8 Å². The van der Waals surface area contributed by atoms with Gasteiger partial charge in [0.1, 0.15) is 0 Å². The van der Waals surface area contributed by atoms with Crippen LogP contribution in [-0.2, 0) is 13.6 Å². The predicted octanol–water partition coefficient (Wildman–Crippen LogP) is 3.70. The zero-order valence-corrected chi connectivity index (χ0v) is 13.5. The molecule has 0 amide bonds. The molecule has 1 N–H and O–H groups in total. The van der Waals surface area contributed by atoms with Gasteiger partial charge in [-0.2, -0.15) is 5.10 Å². The van der Waals surface area contributed by atoms with Crippen LogP contribution < -0.4 is 5.32 Å². The van der Waals surface area contributed by atoms with Gasteiger partial charge in [-0.05, 0) is 18.7 Å². The maximum absolute atomic E-state index is 4.59. The highest BCUT2D eigenvalue weighted by Crippen LogP contribution is 2.27. The Kier molecular flexibility index (Phi) is 5.26. The number of nitrogens with zero attached hydrogens (tertiary/aromatic N) is 2. The summed E-state index contributed by atoms with van der Waals surface area (Å²) in [6.45, 7) is 8.38. The summed E-state index contributed by atoms with van der Waals surface area (Å²) in [6.07, 6.45) is 2.09. The van der Waals surface area contributed by atoms with Crippen molar-refractivity contribution in [1.82, 2.24) is 15.1 Å². The molecule has 0 spiro atoms. The van der Waals surface area contributed by atoms with Crippen molar-refractivity contribution in [1.29, 1.82) is 0 Å². The largest absolute Gasteiger partial charge is 0.313 e. The van der Waals surface area contributed by atoms with Gasteiger partial charge >= 0.3 is 0 Å². The SMILES string of the molecule is CCNCc1cn(C)nc1-c1ccc(SC(C)C)cc1. The molecule has 1 aromatic heterocycles. The average molecular weight is 289 g/mol. The standard InChI is InChI=1S/C16H23N3S/c1-5-17-10-14-11-19(4)18-16(14)13-6-8-15(9-7-13)20-12(2)3/h6-9,11-12,17H,5,10H2,1-4H3. The molecule has 1 heterocycles. The molecule has 2 aromatic rings. The van der Waals surface area contributed by atoms with Crippen molar-refractivity contribution in [2.75, 3.05) is 6.54 Å². The van der Waals surface area contributed by atoms with E-state index in [0.29, 0.717) is 5.25 Å². The maximum Gasteiger partial charge on any atom is 0.0967 e. The minimum absolute atomic E-state index is 0.611. The second-order valence-electron chi connectivity index (χ2n) is 5.15. The Labute approximate surface area is 125 Å². The molecule has 0 aliphatic heterocycles. The lowest BCUT2D eigenvalue weighted by Gasteiger charge is -2.06. The summed E-state index contributed by atoms with van der Waals surface area (Å²) in [5, 5.41) is 8.57. The zero-order chi connectivity index (χ0) is 14.5. The first kappa shape index (κ1) is 15.1. The van der Waals surface area contributed by atoms with Gasteiger partial charge in [0.15, 0.2) is 0 Å². The fraction of sp³-hybridized carbons (Fsp3) is 0.438. The fourth-order valence-electron chi connectivity index (χ4n) is 2.13. The van der Waals surface area contributed by atoms with E-state index in [2.05, 4.69) is 61.6 Å². The van der Waals surface area contributed by atoms with Gasteiger partial charge < -0.3 is 5.32 Å². The van der Waals surface area contributed by atoms with E-state index in [4.69, 9.17) is 0 Å². The topological polar surface area (TPSA) is 29.9 Å². The Morgan fingerprint density at radius 1 is 1.25 bits per heavy atom. The molecule has 0 aliphatic rings. The molecule has 0 radical (unpaired) electrons. The summed E-state index contributed by atoms with van der Waals surface area (Å²) in [7, 11) is 1.97. The van der Waals surface area contributed by atoms with Crippen molar-refractivity contribution in [3.8, 4) is 11.3 Å². The molecule has 4 heteroatoms. The van der Waals surface area contributed by atoms with Crippen molar-refractivity contribution < 1.29 is 0 Å². The molecule has 0 fully saturated rings. The highest BCUT2D eigenvalue weighted by atomic mass is 32.2. The second-order valence-corrected chi connectivity index (χ2v) is 6.80. The van der Waals surface area contributed by atoms with Crippen LogP contribution in [0.4, 0.5) is 0 Å². The third kappa shape index (κ3) is 3.87. The molecular weight excluding hydrogens is 266 g/mol. The van der Waals surface area contributed by atoms with Crippen LogP contribution in [0.15, 0.2) is 35.4 Å². The summed E-state index contributed by atoms with van der Waals surface area (Å²) >= 11 is 1.89. The molecule has 0 saturated heterocycles. The molecule has 0 aliphatic carbocycles. The highest BCUT2D eigenvalue weighted by Gasteiger charge is 2.10. The third-order valence-electron chi connectivity index (χ3n) is 2.97. The lowest BCUT2D eigenvalue weighted by atomic mass is 10.1. The Balaban J connectivity index is 2.22.